The molecule has 1 unspecified atom stereocenters. The van der Waals surface area contributed by atoms with Gasteiger partial charge in [0.05, 0.1) is 0 Å². The van der Waals surface area contributed by atoms with E-state index in [1.165, 1.54) is 6.07 Å². The van der Waals surface area contributed by atoms with E-state index < -0.39 is 12.5 Å². The summed E-state index contributed by atoms with van der Waals surface area (Å²) >= 11 is 0. The molecule has 1 aromatic carbocycles. The second-order valence-electron chi connectivity index (χ2n) is 4.15. The van der Waals surface area contributed by atoms with Crippen LogP contribution in [0.4, 0.5) is 20.4 Å². The molecule has 7 heteroatoms. The maximum atomic E-state index is 12.2. The van der Waals surface area contributed by atoms with E-state index in [-0.39, 0.29) is 18.2 Å². The van der Waals surface area contributed by atoms with Gasteiger partial charge in [0.15, 0.2) is 5.82 Å². The summed E-state index contributed by atoms with van der Waals surface area (Å²) in [5.41, 5.74) is 6.42. The molecule has 0 saturated carbocycles. The molecule has 4 N–H and O–H groups in total. The van der Waals surface area contributed by atoms with Crippen LogP contribution in [0, 0.1) is 0 Å². The molecule has 2 aromatic rings. The van der Waals surface area contributed by atoms with Crippen LogP contribution in [0.3, 0.4) is 0 Å². The van der Waals surface area contributed by atoms with Crippen molar-refractivity contribution in [2.45, 2.75) is 12.5 Å². The Morgan fingerprint density at radius 3 is 2.55 bits per heavy atom. The molecule has 2 rings (SSSR count). The number of aromatic nitrogens is 2. The number of benzene rings is 1. The summed E-state index contributed by atoms with van der Waals surface area (Å²) in [4.78, 5) is 8.26. The third kappa shape index (κ3) is 3.61. The zero-order valence-electron chi connectivity index (χ0n) is 10.5. The highest BCUT2D eigenvalue weighted by atomic mass is 19.3. The van der Waals surface area contributed by atoms with Crippen molar-refractivity contribution in [3.8, 4) is 11.4 Å². The van der Waals surface area contributed by atoms with Gasteiger partial charge in [-0.25, -0.2) is 18.7 Å². The number of rotatable bonds is 5. The van der Waals surface area contributed by atoms with Crippen molar-refractivity contribution < 1.29 is 13.9 Å². The van der Waals surface area contributed by atoms with Crippen molar-refractivity contribution >= 4 is 11.6 Å². The number of anilines is 2. The molecule has 0 fully saturated rings. The minimum absolute atomic E-state index is 0.216. The van der Waals surface area contributed by atoms with E-state index in [1.807, 2.05) is 30.3 Å². The van der Waals surface area contributed by atoms with Gasteiger partial charge >= 0.3 is 0 Å². The second kappa shape index (κ2) is 6.25. The van der Waals surface area contributed by atoms with Crippen LogP contribution < -0.4 is 11.1 Å². The SMILES string of the molecule is Nc1cc(NCC(O)C(F)F)nc(-c2ccccc2)n1. The molecule has 1 aromatic heterocycles. The summed E-state index contributed by atoms with van der Waals surface area (Å²) < 4.78 is 24.4. The third-order valence-electron chi connectivity index (χ3n) is 2.56. The lowest BCUT2D eigenvalue weighted by atomic mass is 10.2. The number of hydrogen-bond donors (Lipinski definition) is 3. The highest BCUT2D eigenvalue weighted by molar-refractivity contribution is 5.60. The van der Waals surface area contributed by atoms with Gasteiger partial charge in [-0.15, -0.1) is 0 Å². The van der Waals surface area contributed by atoms with Crippen LogP contribution in [-0.2, 0) is 0 Å². The summed E-state index contributed by atoms with van der Waals surface area (Å²) in [5.74, 6) is 0.892. The first kappa shape index (κ1) is 14.1. The van der Waals surface area contributed by atoms with Gasteiger partial charge in [-0.1, -0.05) is 30.3 Å². The minimum atomic E-state index is -2.81. The number of nitrogens with two attached hydrogens (primary N) is 1. The van der Waals surface area contributed by atoms with Crippen LogP contribution in [0.2, 0.25) is 0 Å². The summed E-state index contributed by atoms with van der Waals surface area (Å²) in [5, 5.41) is 11.7. The van der Waals surface area contributed by atoms with Crippen molar-refractivity contribution in [2.75, 3.05) is 17.6 Å². The Bertz CT molecular complexity index is 566. The first-order valence-corrected chi connectivity index (χ1v) is 5.96. The summed E-state index contributed by atoms with van der Waals surface area (Å²) in [6, 6.07) is 10.6. The number of aliphatic hydroxyl groups excluding tert-OH is 1. The molecule has 1 atom stereocenters. The number of aliphatic hydroxyl groups is 1. The van der Waals surface area contributed by atoms with Crippen LogP contribution in [0.5, 0.6) is 0 Å². The van der Waals surface area contributed by atoms with E-state index in [9.17, 15) is 8.78 Å². The second-order valence-corrected chi connectivity index (χ2v) is 4.15. The van der Waals surface area contributed by atoms with E-state index in [0.717, 1.165) is 5.56 Å². The van der Waals surface area contributed by atoms with Crippen molar-refractivity contribution in [3.63, 3.8) is 0 Å². The van der Waals surface area contributed by atoms with Gasteiger partial charge in [-0.2, -0.15) is 0 Å². The Kier molecular flexibility index (Phi) is 4.41. The Morgan fingerprint density at radius 1 is 1.20 bits per heavy atom. The molecule has 0 aliphatic carbocycles. The molecule has 0 amide bonds. The predicted octanol–water partition coefficient (Wildman–Crippen LogP) is 1.76. The number of halogens is 2. The van der Waals surface area contributed by atoms with E-state index in [2.05, 4.69) is 15.3 Å². The van der Waals surface area contributed by atoms with Crippen LogP contribution in [0.1, 0.15) is 0 Å². The van der Waals surface area contributed by atoms with Gasteiger partial charge in [-0.3, -0.25) is 0 Å². The van der Waals surface area contributed by atoms with Crippen molar-refractivity contribution in [1.82, 2.24) is 9.97 Å². The standard InChI is InChI=1S/C13H14F2N4O/c14-12(15)9(20)7-17-11-6-10(16)18-13(19-11)8-4-2-1-3-5-8/h1-6,9,12,20H,7H2,(H3,16,17,18,19). The van der Waals surface area contributed by atoms with Gasteiger partial charge in [0.2, 0.25) is 0 Å². The van der Waals surface area contributed by atoms with Crippen molar-refractivity contribution in [3.05, 3.63) is 36.4 Å². The minimum Gasteiger partial charge on any atom is -0.385 e. The molecule has 0 spiro atoms. The van der Waals surface area contributed by atoms with Crippen LogP contribution >= 0.6 is 0 Å². The number of alkyl halides is 2. The topological polar surface area (TPSA) is 84.1 Å². The maximum Gasteiger partial charge on any atom is 0.265 e. The quantitative estimate of drug-likeness (QED) is 0.777. The van der Waals surface area contributed by atoms with Crippen LogP contribution in [-0.4, -0.2) is 34.1 Å². The maximum absolute atomic E-state index is 12.2. The lowest BCUT2D eigenvalue weighted by molar-refractivity contribution is 0.00381. The number of nitrogens with one attached hydrogen (secondary N) is 1. The van der Waals surface area contributed by atoms with Crippen molar-refractivity contribution in [1.29, 1.82) is 0 Å². The molecule has 0 bridgehead atoms. The molecule has 5 nitrogen and oxygen atoms in total. The average Bonchev–Trinajstić information content (AvgIpc) is 2.45. The molecule has 0 radical (unpaired) electrons. The monoisotopic (exact) mass is 280 g/mol. The summed E-state index contributed by atoms with van der Waals surface area (Å²) in [6.45, 7) is -0.317. The fourth-order valence-corrected chi connectivity index (χ4v) is 1.57. The lowest BCUT2D eigenvalue weighted by Crippen LogP contribution is -2.27. The first-order chi connectivity index (χ1) is 9.56. The zero-order valence-corrected chi connectivity index (χ0v) is 10.5. The normalized spacial score (nSPS) is 12.4. The average molecular weight is 280 g/mol. The van der Waals surface area contributed by atoms with E-state index in [0.29, 0.717) is 5.82 Å². The molecular formula is C13H14F2N4O. The molecule has 0 aliphatic heterocycles. The number of nitrogen functional groups attached to an aromatic ring is 1. The smallest absolute Gasteiger partial charge is 0.265 e. The Hall–Kier alpha value is -2.28. The van der Waals surface area contributed by atoms with Crippen LogP contribution in [0.25, 0.3) is 11.4 Å². The molecule has 106 valence electrons. The lowest BCUT2D eigenvalue weighted by Gasteiger charge is -2.12. The summed E-state index contributed by atoms with van der Waals surface area (Å²) in [6.07, 6.45) is -4.57. The van der Waals surface area contributed by atoms with Gasteiger partial charge in [0.1, 0.15) is 17.7 Å². The third-order valence-corrected chi connectivity index (χ3v) is 2.56. The predicted molar refractivity (Wildman–Crippen MR) is 72.4 cm³/mol. The molecule has 0 aliphatic rings. The van der Waals surface area contributed by atoms with E-state index >= 15 is 0 Å². The van der Waals surface area contributed by atoms with Crippen LogP contribution in [0.15, 0.2) is 36.4 Å². The van der Waals surface area contributed by atoms with Gasteiger partial charge in [0, 0.05) is 18.2 Å². The Morgan fingerprint density at radius 2 is 1.90 bits per heavy atom. The van der Waals surface area contributed by atoms with Crippen molar-refractivity contribution in [2.24, 2.45) is 0 Å². The fraction of sp³-hybridized carbons (Fsp3) is 0.231. The highest BCUT2D eigenvalue weighted by Crippen LogP contribution is 2.18. The number of nitrogens with zero attached hydrogens (tertiary/aromatic N) is 2. The molecule has 20 heavy (non-hydrogen) atoms. The Balaban J connectivity index is 2.17. The molecule has 0 saturated heterocycles. The number of hydrogen-bond acceptors (Lipinski definition) is 5. The zero-order chi connectivity index (χ0) is 14.5. The van der Waals surface area contributed by atoms with Gasteiger partial charge < -0.3 is 16.2 Å². The molecule has 1 heterocycles. The largest absolute Gasteiger partial charge is 0.385 e. The highest BCUT2D eigenvalue weighted by Gasteiger charge is 2.16. The Labute approximate surface area is 114 Å². The molecular weight excluding hydrogens is 266 g/mol. The first-order valence-electron chi connectivity index (χ1n) is 5.96. The van der Waals surface area contributed by atoms with E-state index in [4.69, 9.17) is 10.8 Å². The van der Waals surface area contributed by atoms with E-state index in [1.54, 1.807) is 0 Å². The van der Waals surface area contributed by atoms with Gasteiger partial charge in [-0.05, 0) is 0 Å². The fourth-order valence-electron chi connectivity index (χ4n) is 1.57. The summed E-state index contributed by atoms with van der Waals surface area (Å²) in [7, 11) is 0. The van der Waals surface area contributed by atoms with Gasteiger partial charge in [0.25, 0.3) is 6.43 Å².